The van der Waals surface area contributed by atoms with Gasteiger partial charge in [-0.2, -0.15) is 0 Å². The molecule has 0 aromatic carbocycles. The Labute approximate surface area is 88.5 Å². The smallest absolute Gasteiger partial charge is 0.0990 e. The Bertz CT molecular complexity index is 365. The number of aromatic nitrogens is 1. The SMILES string of the molecule is CC1(c2nc3c(s2)C(N)CCC3)CC1. The van der Waals surface area contributed by atoms with Gasteiger partial charge in [0.15, 0.2) is 0 Å². The summed E-state index contributed by atoms with van der Waals surface area (Å²) in [6.45, 7) is 2.32. The Balaban J connectivity index is 2.02. The molecular formula is C11H16N2S. The van der Waals surface area contributed by atoms with Crippen LogP contribution in [0.15, 0.2) is 0 Å². The largest absolute Gasteiger partial charge is 0.323 e. The molecule has 2 nitrogen and oxygen atoms in total. The summed E-state index contributed by atoms with van der Waals surface area (Å²) >= 11 is 1.88. The predicted octanol–water partition coefficient (Wildman–Crippen LogP) is 2.53. The summed E-state index contributed by atoms with van der Waals surface area (Å²) in [5.74, 6) is 0. The van der Waals surface area contributed by atoms with E-state index in [0.717, 1.165) is 12.8 Å². The van der Waals surface area contributed by atoms with Crippen LogP contribution in [0.5, 0.6) is 0 Å². The van der Waals surface area contributed by atoms with E-state index in [0.29, 0.717) is 5.41 Å². The number of aryl methyl sites for hydroxylation is 1. The number of hydrogen-bond donors (Lipinski definition) is 1. The van der Waals surface area contributed by atoms with E-state index in [4.69, 9.17) is 10.7 Å². The minimum absolute atomic E-state index is 0.271. The second-order valence-electron chi connectivity index (χ2n) is 4.89. The van der Waals surface area contributed by atoms with Crippen LogP contribution in [0.2, 0.25) is 0 Å². The molecule has 1 heterocycles. The van der Waals surface area contributed by atoms with Crippen LogP contribution >= 0.6 is 11.3 Å². The van der Waals surface area contributed by atoms with Gasteiger partial charge in [-0.25, -0.2) is 4.98 Å². The fourth-order valence-electron chi connectivity index (χ4n) is 2.11. The lowest BCUT2D eigenvalue weighted by Crippen LogP contribution is -2.15. The molecule has 0 aliphatic heterocycles. The van der Waals surface area contributed by atoms with E-state index >= 15 is 0 Å². The van der Waals surface area contributed by atoms with Crippen molar-refractivity contribution in [2.24, 2.45) is 5.73 Å². The normalized spacial score (nSPS) is 28.6. The van der Waals surface area contributed by atoms with E-state index in [1.807, 2.05) is 11.3 Å². The Hall–Kier alpha value is -0.410. The van der Waals surface area contributed by atoms with Crippen LogP contribution in [0.4, 0.5) is 0 Å². The van der Waals surface area contributed by atoms with Crippen molar-refractivity contribution in [1.82, 2.24) is 4.98 Å². The van der Waals surface area contributed by atoms with Gasteiger partial charge in [-0.3, -0.25) is 0 Å². The zero-order valence-corrected chi connectivity index (χ0v) is 9.36. The zero-order valence-electron chi connectivity index (χ0n) is 8.55. The van der Waals surface area contributed by atoms with Gasteiger partial charge in [-0.05, 0) is 32.1 Å². The number of nitrogens with zero attached hydrogens (tertiary/aromatic N) is 1. The van der Waals surface area contributed by atoms with Crippen LogP contribution in [0, 0.1) is 0 Å². The summed E-state index contributed by atoms with van der Waals surface area (Å²) < 4.78 is 0. The van der Waals surface area contributed by atoms with Crippen LogP contribution in [0.3, 0.4) is 0 Å². The molecule has 1 saturated carbocycles. The van der Waals surface area contributed by atoms with Gasteiger partial charge < -0.3 is 5.73 Å². The monoisotopic (exact) mass is 208 g/mol. The number of hydrogen-bond acceptors (Lipinski definition) is 3. The number of thiazole rings is 1. The third-order valence-electron chi connectivity index (χ3n) is 3.51. The molecule has 3 rings (SSSR count). The second kappa shape index (κ2) is 2.80. The first-order chi connectivity index (χ1) is 6.69. The van der Waals surface area contributed by atoms with Gasteiger partial charge in [0.2, 0.25) is 0 Å². The van der Waals surface area contributed by atoms with Gasteiger partial charge in [0.1, 0.15) is 0 Å². The van der Waals surface area contributed by atoms with Crippen molar-refractivity contribution in [1.29, 1.82) is 0 Å². The summed E-state index contributed by atoms with van der Waals surface area (Å²) in [7, 11) is 0. The molecule has 1 aromatic rings. The molecule has 1 fully saturated rings. The zero-order chi connectivity index (χ0) is 9.76. The van der Waals surface area contributed by atoms with Crippen LogP contribution < -0.4 is 5.73 Å². The highest BCUT2D eigenvalue weighted by molar-refractivity contribution is 7.12. The molecule has 14 heavy (non-hydrogen) atoms. The summed E-state index contributed by atoms with van der Waals surface area (Å²) in [4.78, 5) is 6.15. The minimum atomic E-state index is 0.271. The maximum Gasteiger partial charge on any atom is 0.0990 e. The Kier molecular flexibility index (Phi) is 1.77. The first-order valence-electron chi connectivity index (χ1n) is 5.45. The lowest BCUT2D eigenvalue weighted by Gasteiger charge is -2.15. The van der Waals surface area contributed by atoms with Crippen LogP contribution in [-0.2, 0) is 11.8 Å². The average molecular weight is 208 g/mol. The van der Waals surface area contributed by atoms with Gasteiger partial charge in [0.25, 0.3) is 0 Å². The molecule has 0 amide bonds. The quantitative estimate of drug-likeness (QED) is 0.770. The van der Waals surface area contributed by atoms with E-state index in [1.54, 1.807) is 0 Å². The molecule has 0 saturated heterocycles. The van der Waals surface area contributed by atoms with Gasteiger partial charge in [0, 0.05) is 16.3 Å². The topological polar surface area (TPSA) is 38.9 Å². The predicted molar refractivity (Wildman–Crippen MR) is 58.6 cm³/mol. The van der Waals surface area contributed by atoms with Crippen molar-refractivity contribution in [2.45, 2.75) is 50.5 Å². The first-order valence-corrected chi connectivity index (χ1v) is 6.26. The third-order valence-corrected chi connectivity index (χ3v) is 5.05. The molecule has 2 aliphatic rings. The van der Waals surface area contributed by atoms with Crippen LogP contribution in [-0.4, -0.2) is 4.98 Å². The summed E-state index contributed by atoms with van der Waals surface area (Å²) in [6.07, 6.45) is 6.14. The van der Waals surface area contributed by atoms with Crippen molar-refractivity contribution >= 4 is 11.3 Å². The van der Waals surface area contributed by atoms with Gasteiger partial charge in [0.05, 0.1) is 10.7 Å². The van der Waals surface area contributed by atoms with Crippen LogP contribution in [0.25, 0.3) is 0 Å². The standard InChI is InChI=1S/C11H16N2S/c1-11(5-6-11)10-13-8-4-2-3-7(12)9(8)14-10/h7H,2-6,12H2,1H3. The van der Waals surface area contributed by atoms with Crippen molar-refractivity contribution < 1.29 is 0 Å². The van der Waals surface area contributed by atoms with Crippen molar-refractivity contribution in [3.05, 3.63) is 15.6 Å². The average Bonchev–Trinajstić information content (AvgIpc) is 2.77. The number of rotatable bonds is 1. The fourth-order valence-corrected chi connectivity index (χ4v) is 3.46. The van der Waals surface area contributed by atoms with Crippen LogP contribution in [0.1, 0.15) is 54.2 Å². The molecule has 1 aromatic heterocycles. The molecule has 0 spiro atoms. The van der Waals surface area contributed by atoms with Crippen molar-refractivity contribution in [3.8, 4) is 0 Å². The molecule has 2 aliphatic carbocycles. The van der Waals surface area contributed by atoms with Gasteiger partial charge in [-0.15, -0.1) is 11.3 Å². The van der Waals surface area contributed by atoms with E-state index in [2.05, 4.69) is 6.92 Å². The summed E-state index contributed by atoms with van der Waals surface area (Å²) in [6, 6.07) is 0.271. The summed E-state index contributed by atoms with van der Waals surface area (Å²) in [5, 5.41) is 1.35. The number of fused-ring (bicyclic) bond motifs is 1. The molecule has 0 radical (unpaired) electrons. The second-order valence-corrected chi connectivity index (χ2v) is 5.92. The molecular weight excluding hydrogens is 192 g/mol. The highest BCUT2D eigenvalue weighted by atomic mass is 32.1. The van der Waals surface area contributed by atoms with Gasteiger partial charge >= 0.3 is 0 Å². The van der Waals surface area contributed by atoms with Crippen molar-refractivity contribution in [3.63, 3.8) is 0 Å². The molecule has 0 bridgehead atoms. The summed E-state index contributed by atoms with van der Waals surface area (Å²) in [5.41, 5.74) is 7.81. The van der Waals surface area contributed by atoms with E-state index in [-0.39, 0.29) is 6.04 Å². The van der Waals surface area contributed by atoms with E-state index < -0.39 is 0 Å². The maximum atomic E-state index is 6.09. The Morgan fingerprint density at radius 2 is 2.29 bits per heavy atom. The van der Waals surface area contributed by atoms with Crippen molar-refractivity contribution in [2.75, 3.05) is 0 Å². The molecule has 76 valence electrons. The first kappa shape index (κ1) is 8.86. The highest BCUT2D eigenvalue weighted by Crippen LogP contribution is 2.50. The van der Waals surface area contributed by atoms with E-state index in [9.17, 15) is 0 Å². The Morgan fingerprint density at radius 3 is 2.93 bits per heavy atom. The third kappa shape index (κ3) is 1.22. The molecule has 3 heteroatoms. The lowest BCUT2D eigenvalue weighted by molar-refractivity contribution is 0.572. The molecule has 1 atom stereocenters. The minimum Gasteiger partial charge on any atom is -0.323 e. The fraction of sp³-hybridized carbons (Fsp3) is 0.727. The van der Waals surface area contributed by atoms with Gasteiger partial charge in [-0.1, -0.05) is 6.92 Å². The molecule has 1 unspecified atom stereocenters. The number of nitrogens with two attached hydrogens (primary N) is 1. The lowest BCUT2D eigenvalue weighted by atomic mass is 9.99. The Morgan fingerprint density at radius 1 is 1.50 bits per heavy atom. The van der Waals surface area contributed by atoms with E-state index in [1.165, 1.54) is 34.8 Å². The molecule has 2 N–H and O–H groups in total. The maximum absolute atomic E-state index is 6.09. The highest BCUT2D eigenvalue weighted by Gasteiger charge is 2.42.